The first-order valence-corrected chi connectivity index (χ1v) is 42.3. The third kappa shape index (κ3) is 75.9. The Hall–Kier alpha value is -6.36. The molecule has 0 bridgehead atoms. The van der Waals surface area contributed by atoms with E-state index in [1.165, 1.54) is 0 Å². The van der Waals surface area contributed by atoms with Crippen molar-refractivity contribution in [2.75, 3.05) is 39.6 Å². The first-order chi connectivity index (χ1) is 51.7. The molecule has 0 aromatic rings. The van der Waals surface area contributed by atoms with Crippen LogP contribution in [0, 0.1) is 0 Å². The van der Waals surface area contributed by atoms with Crippen molar-refractivity contribution in [3.05, 3.63) is 207 Å². The highest BCUT2D eigenvalue weighted by Gasteiger charge is 2.30. The molecule has 0 aliphatic rings. The molecule has 106 heavy (non-hydrogen) atoms. The Balaban J connectivity index is 5.54. The van der Waals surface area contributed by atoms with Crippen molar-refractivity contribution >= 4 is 39.5 Å². The van der Waals surface area contributed by atoms with Gasteiger partial charge in [0.1, 0.15) is 19.3 Å². The fourth-order valence-corrected chi connectivity index (χ4v) is 11.0. The molecule has 0 amide bonds. The molecule has 596 valence electrons. The van der Waals surface area contributed by atoms with Crippen molar-refractivity contribution < 1.29 is 80.2 Å². The van der Waals surface area contributed by atoms with E-state index in [4.69, 9.17) is 37.0 Å². The van der Waals surface area contributed by atoms with Gasteiger partial charge in [-0.05, 0) is 173 Å². The van der Waals surface area contributed by atoms with E-state index in [1.54, 1.807) is 0 Å². The maximum Gasteiger partial charge on any atom is 0.472 e. The lowest BCUT2D eigenvalue weighted by Gasteiger charge is -2.21. The second-order valence-electron chi connectivity index (χ2n) is 25.1. The van der Waals surface area contributed by atoms with Crippen LogP contribution in [0.4, 0.5) is 0 Å². The fourth-order valence-electron chi connectivity index (χ4n) is 9.41. The van der Waals surface area contributed by atoms with Crippen molar-refractivity contribution in [1.82, 2.24) is 0 Å². The van der Waals surface area contributed by atoms with E-state index in [-0.39, 0.29) is 25.7 Å². The topological polar surface area (TPSA) is 237 Å². The van der Waals surface area contributed by atoms with Crippen molar-refractivity contribution in [3.8, 4) is 0 Å². The highest BCUT2D eigenvalue weighted by Crippen LogP contribution is 2.45. The summed E-state index contributed by atoms with van der Waals surface area (Å²) in [5.74, 6) is -2.40. The van der Waals surface area contributed by atoms with Gasteiger partial charge in [0.05, 0.1) is 26.4 Å². The molecule has 0 spiro atoms. The number of esters is 4. The number of phosphoric ester groups is 2. The number of ether oxygens (including phenoxy) is 4. The maximum atomic E-state index is 13.1. The van der Waals surface area contributed by atoms with E-state index in [9.17, 15) is 43.2 Å². The van der Waals surface area contributed by atoms with Crippen LogP contribution in [0.1, 0.15) is 259 Å². The molecule has 0 saturated carbocycles. The van der Waals surface area contributed by atoms with Crippen molar-refractivity contribution in [1.29, 1.82) is 0 Å². The smallest absolute Gasteiger partial charge is 0.462 e. The van der Waals surface area contributed by atoms with Crippen molar-refractivity contribution in [3.63, 3.8) is 0 Å². The van der Waals surface area contributed by atoms with Gasteiger partial charge in [-0.1, -0.05) is 266 Å². The fraction of sp³-hybridized carbons (Fsp3) is 0.563. The van der Waals surface area contributed by atoms with Crippen LogP contribution in [0.2, 0.25) is 0 Å². The Morgan fingerprint density at radius 2 is 0.472 bits per heavy atom. The Morgan fingerprint density at radius 3 is 0.755 bits per heavy atom. The SMILES string of the molecule is CC/C=C\C/C=C\C/C=C\C/C=C\C/C=C\CCCC(=O)OCC(COP(=O)(O)OCC(O)COP(=O)(O)OCC(COC(=O)CCC/C=C\C/C=C\C/C=C\C/C=C\C/C=C\CC)OC(=O)CCCCCCCCC/C=C\C/C=C\C/C=C\CC)OC(=O)CCCC/C=C\C/C=C\C/C=C\C/C=C\CC. The molecule has 0 fully saturated rings. The molecule has 0 heterocycles. The molecule has 0 aliphatic heterocycles. The number of hydrogen-bond donors (Lipinski definition) is 3. The van der Waals surface area contributed by atoms with Gasteiger partial charge in [-0.15, -0.1) is 0 Å². The predicted molar refractivity (Wildman–Crippen MR) is 435 cm³/mol. The molecule has 5 unspecified atom stereocenters. The van der Waals surface area contributed by atoms with E-state index < -0.39 is 97.5 Å². The van der Waals surface area contributed by atoms with E-state index in [1.807, 2.05) is 30.4 Å². The Morgan fingerprint density at radius 1 is 0.264 bits per heavy atom. The molecule has 0 radical (unpaired) electrons. The van der Waals surface area contributed by atoms with E-state index in [2.05, 4.69) is 204 Å². The highest BCUT2D eigenvalue weighted by molar-refractivity contribution is 7.47. The standard InChI is InChI=1S/C87H136O17P2/c1-5-9-13-17-21-25-29-33-37-40-44-47-51-55-59-63-67-71-84(89)97-77-82(103-86(91)73-69-65-61-57-53-49-43-36-32-28-24-20-16-12-8-4)79-101-105(93,94)99-75-81(88)76-100-106(95,96)102-80-83(104-87(92)74-70-66-62-58-54-50-46-42-39-35-31-27-23-19-15-11-7-3)78-98-85(90)72-68-64-60-56-52-48-45-41-38-34-30-26-22-18-14-10-6-2/h9-16,21-28,33-39,43-45,47-48,53,55-57,59-60,81-83,88H,5-8,17-20,29-32,40-42,46,49-52,54,58,61-80H2,1-4H3,(H,93,94)(H,95,96)/b13-9-,14-10-,15-11-,16-12-,25-21-,26-22-,27-23-,28-24-,37-33-,38-34-,39-35-,43-36-,47-44-,48-45-,57-53-,59-55-,60-56-. The summed E-state index contributed by atoms with van der Waals surface area (Å²) in [6.45, 7) is 4.19. The monoisotopic (exact) mass is 1510 g/mol. The summed E-state index contributed by atoms with van der Waals surface area (Å²) in [5, 5.41) is 10.6. The summed E-state index contributed by atoms with van der Waals surface area (Å²) >= 11 is 0. The third-order valence-corrected chi connectivity index (χ3v) is 17.1. The minimum Gasteiger partial charge on any atom is -0.462 e. The summed E-state index contributed by atoms with van der Waals surface area (Å²) in [4.78, 5) is 73.0. The van der Waals surface area contributed by atoms with Gasteiger partial charge in [0.25, 0.3) is 0 Å². The summed E-state index contributed by atoms with van der Waals surface area (Å²) in [5.41, 5.74) is 0. The van der Waals surface area contributed by atoms with E-state index >= 15 is 0 Å². The molecule has 17 nitrogen and oxygen atoms in total. The Kier molecular flexibility index (Phi) is 72.2. The number of hydrogen-bond acceptors (Lipinski definition) is 15. The maximum absolute atomic E-state index is 13.1. The molecule has 3 N–H and O–H groups in total. The summed E-state index contributed by atoms with van der Waals surface area (Å²) in [7, 11) is -10.0. The largest absolute Gasteiger partial charge is 0.472 e. The van der Waals surface area contributed by atoms with E-state index in [0.717, 1.165) is 161 Å². The second-order valence-corrected chi connectivity index (χ2v) is 28.0. The lowest BCUT2D eigenvalue weighted by molar-refractivity contribution is -0.161. The zero-order valence-corrected chi connectivity index (χ0v) is 66.8. The van der Waals surface area contributed by atoms with Gasteiger partial charge >= 0.3 is 39.5 Å². The average molecular weight is 1520 g/mol. The molecule has 0 rings (SSSR count). The molecule has 5 atom stereocenters. The Bertz CT molecular complexity index is 2830. The molecule has 0 aromatic heterocycles. The van der Waals surface area contributed by atoms with Gasteiger partial charge in [0, 0.05) is 25.7 Å². The molecule has 0 saturated heterocycles. The lowest BCUT2D eigenvalue weighted by Crippen LogP contribution is -2.30. The van der Waals surface area contributed by atoms with Crippen LogP contribution < -0.4 is 0 Å². The van der Waals surface area contributed by atoms with Gasteiger partial charge in [0.2, 0.25) is 0 Å². The number of unbranched alkanes of at least 4 members (excludes halogenated alkanes) is 11. The van der Waals surface area contributed by atoms with Crippen LogP contribution in [0.25, 0.3) is 0 Å². The van der Waals surface area contributed by atoms with Crippen LogP contribution in [-0.2, 0) is 65.4 Å². The van der Waals surface area contributed by atoms with Crippen LogP contribution in [0.3, 0.4) is 0 Å². The van der Waals surface area contributed by atoms with Crippen LogP contribution in [-0.4, -0.2) is 96.7 Å². The van der Waals surface area contributed by atoms with Gasteiger partial charge in [-0.2, -0.15) is 0 Å². The average Bonchev–Trinajstić information content (AvgIpc) is 0.901. The van der Waals surface area contributed by atoms with Crippen LogP contribution in [0.5, 0.6) is 0 Å². The van der Waals surface area contributed by atoms with Crippen LogP contribution >= 0.6 is 15.6 Å². The summed E-state index contributed by atoms with van der Waals surface area (Å²) in [6, 6.07) is 0. The van der Waals surface area contributed by atoms with Gasteiger partial charge < -0.3 is 33.8 Å². The van der Waals surface area contributed by atoms with Crippen molar-refractivity contribution in [2.45, 2.75) is 277 Å². The molecule has 0 aliphatic carbocycles. The van der Waals surface area contributed by atoms with Gasteiger partial charge in [-0.25, -0.2) is 9.13 Å². The summed E-state index contributed by atoms with van der Waals surface area (Å²) < 4.78 is 68.4. The molecule has 0 aromatic carbocycles. The number of aliphatic hydroxyl groups is 1. The molecular formula is C87H136O17P2. The second kappa shape index (κ2) is 76.8. The third-order valence-electron chi connectivity index (χ3n) is 15.2. The van der Waals surface area contributed by atoms with Crippen LogP contribution in [0.15, 0.2) is 207 Å². The van der Waals surface area contributed by atoms with Crippen molar-refractivity contribution in [2.24, 2.45) is 0 Å². The first-order valence-electron chi connectivity index (χ1n) is 39.3. The number of aliphatic hydroxyl groups excluding tert-OH is 1. The predicted octanol–water partition coefficient (Wildman–Crippen LogP) is 23.1. The molecule has 19 heteroatoms. The molecular weight excluding hydrogens is 1380 g/mol. The zero-order valence-electron chi connectivity index (χ0n) is 65.0. The minimum atomic E-state index is -5.02. The number of carbonyl (C=O) groups is 4. The number of phosphoric acid groups is 2. The number of allylic oxidation sites excluding steroid dienone is 34. The first kappa shape index (κ1) is 99.6. The van der Waals surface area contributed by atoms with E-state index in [0.29, 0.717) is 44.9 Å². The Labute approximate surface area is 639 Å². The normalized spacial score (nSPS) is 15.0. The number of carbonyl (C=O) groups excluding carboxylic acids is 4. The quantitative estimate of drug-likeness (QED) is 0.0169. The minimum absolute atomic E-state index is 0.0202. The lowest BCUT2D eigenvalue weighted by atomic mass is 10.1. The van der Waals surface area contributed by atoms with Gasteiger partial charge in [-0.3, -0.25) is 37.3 Å². The highest BCUT2D eigenvalue weighted by atomic mass is 31.2. The zero-order chi connectivity index (χ0) is 77.4. The summed E-state index contributed by atoms with van der Waals surface area (Å²) in [6.07, 6.45) is 95.4. The van der Waals surface area contributed by atoms with Gasteiger partial charge in [0.15, 0.2) is 12.2 Å². The number of rotatable bonds is 71.